The Kier molecular flexibility index (Phi) is 4.21. The molecule has 2 N–H and O–H groups in total. The zero-order valence-electron chi connectivity index (χ0n) is 10.3. The first kappa shape index (κ1) is 13.3. The highest BCUT2D eigenvalue weighted by atomic mass is 32.2. The number of anilines is 1. The topological polar surface area (TPSA) is 67.4 Å². The van der Waals surface area contributed by atoms with Crippen LogP contribution in [-0.4, -0.2) is 40.5 Å². The van der Waals surface area contributed by atoms with Crippen LogP contribution in [0.1, 0.15) is 5.56 Å². The Morgan fingerprint density at radius 3 is 3.00 bits per heavy atom. The molecule has 1 unspecified atom stereocenters. The van der Waals surface area contributed by atoms with Gasteiger partial charge in [0.1, 0.15) is 0 Å². The number of methoxy groups -OCH3 is 1. The predicted molar refractivity (Wildman–Crippen MR) is 71.2 cm³/mol. The summed E-state index contributed by atoms with van der Waals surface area (Å²) < 4.78 is 31.0. The van der Waals surface area contributed by atoms with E-state index in [4.69, 9.17) is 4.74 Å². The van der Waals surface area contributed by atoms with Crippen molar-refractivity contribution in [2.45, 2.75) is 12.5 Å². The molecule has 5 nitrogen and oxygen atoms in total. The van der Waals surface area contributed by atoms with Gasteiger partial charge in [-0.15, -0.1) is 0 Å². The van der Waals surface area contributed by atoms with E-state index in [1.165, 1.54) is 7.11 Å². The van der Waals surface area contributed by atoms with Gasteiger partial charge in [0.05, 0.1) is 12.4 Å². The van der Waals surface area contributed by atoms with Gasteiger partial charge in [0.25, 0.3) is 0 Å². The molecule has 0 saturated heterocycles. The number of hydrogen-bond donors (Lipinski definition) is 2. The fourth-order valence-electron chi connectivity index (χ4n) is 2.03. The van der Waals surface area contributed by atoms with Crippen molar-refractivity contribution in [2.75, 3.05) is 31.3 Å². The second-order valence-corrected chi connectivity index (χ2v) is 6.24. The Bertz CT molecular complexity index is 502. The number of para-hydroxylation sites is 1. The van der Waals surface area contributed by atoms with Crippen molar-refractivity contribution in [3.05, 3.63) is 29.8 Å². The van der Waals surface area contributed by atoms with Crippen LogP contribution in [0.2, 0.25) is 0 Å². The van der Waals surface area contributed by atoms with Crippen LogP contribution in [0.3, 0.4) is 0 Å². The molecule has 18 heavy (non-hydrogen) atoms. The maximum atomic E-state index is 11.8. The molecule has 1 aliphatic heterocycles. The van der Waals surface area contributed by atoms with Gasteiger partial charge in [-0.25, -0.2) is 13.1 Å². The second kappa shape index (κ2) is 5.69. The first-order chi connectivity index (χ1) is 8.61. The van der Waals surface area contributed by atoms with E-state index in [1.807, 2.05) is 24.3 Å². The van der Waals surface area contributed by atoms with Gasteiger partial charge < -0.3 is 10.1 Å². The molecule has 1 aromatic rings. The van der Waals surface area contributed by atoms with Crippen LogP contribution in [0.4, 0.5) is 5.69 Å². The molecule has 0 fully saturated rings. The maximum Gasteiger partial charge on any atom is 0.214 e. The molecule has 2 rings (SSSR count). The van der Waals surface area contributed by atoms with E-state index < -0.39 is 10.0 Å². The molecule has 1 atom stereocenters. The third-order valence-electron chi connectivity index (χ3n) is 2.93. The Hall–Kier alpha value is -1.11. The summed E-state index contributed by atoms with van der Waals surface area (Å²) in [7, 11) is -1.77. The van der Waals surface area contributed by atoms with Crippen molar-refractivity contribution >= 4 is 15.7 Å². The number of benzene rings is 1. The molecule has 0 aromatic heterocycles. The van der Waals surface area contributed by atoms with Crippen LogP contribution in [0, 0.1) is 0 Å². The standard InChI is InChI=1S/C12H18N2O3S/c1-17-6-7-18(15,16)14-11-8-10-4-2-3-5-12(10)13-9-11/h2-5,11,13-14H,6-9H2,1H3. The molecule has 100 valence electrons. The van der Waals surface area contributed by atoms with Crippen molar-refractivity contribution < 1.29 is 13.2 Å². The van der Waals surface area contributed by atoms with Gasteiger partial charge >= 0.3 is 0 Å². The van der Waals surface area contributed by atoms with Gasteiger partial charge in [-0.2, -0.15) is 0 Å². The van der Waals surface area contributed by atoms with E-state index >= 15 is 0 Å². The van der Waals surface area contributed by atoms with Gasteiger partial charge in [-0.1, -0.05) is 18.2 Å². The lowest BCUT2D eigenvalue weighted by Gasteiger charge is -2.26. The van der Waals surface area contributed by atoms with Crippen molar-refractivity contribution in [1.29, 1.82) is 0 Å². The van der Waals surface area contributed by atoms with Gasteiger partial charge in [0.2, 0.25) is 10.0 Å². The van der Waals surface area contributed by atoms with E-state index in [2.05, 4.69) is 10.0 Å². The molecule has 1 aliphatic rings. The number of nitrogens with one attached hydrogen (secondary N) is 2. The number of sulfonamides is 1. The van der Waals surface area contributed by atoms with E-state index in [-0.39, 0.29) is 18.4 Å². The van der Waals surface area contributed by atoms with Crippen LogP contribution >= 0.6 is 0 Å². The lowest BCUT2D eigenvalue weighted by atomic mass is 10.0. The lowest BCUT2D eigenvalue weighted by molar-refractivity contribution is 0.216. The molecule has 0 amide bonds. The third kappa shape index (κ3) is 3.44. The minimum atomic E-state index is -3.26. The molecular formula is C12H18N2O3S. The van der Waals surface area contributed by atoms with Gasteiger partial charge in [-0.05, 0) is 18.1 Å². The number of hydrogen-bond acceptors (Lipinski definition) is 4. The van der Waals surface area contributed by atoms with Crippen LogP contribution in [-0.2, 0) is 21.2 Å². The summed E-state index contributed by atoms with van der Waals surface area (Å²) in [6, 6.07) is 7.85. The van der Waals surface area contributed by atoms with Gasteiger partial charge in [0.15, 0.2) is 0 Å². The quantitative estimate of drug-likeness (QED) is 0.822. The molecule has 0 bridgehead atoms. The second-order valence-electron chi connectivity index (χ2n) is 4.37. The molecule has 1 heterocycles. The summed E-state index contributed by atoms with van der Waals surface area (Å²) in [4.78, 5) is 0. The minimum absolute atomic E-state index is 0.00163. The first-order valence-corrected chi connectivity index (χ1v) is 7.56. The van der Waals surface area contributed by atoms with E-state index in [9.17, 15) is 8.42 Å². The first-order valence-electron chi connectivity index (χ1n) is 5.91. The molecule has 0 aliphatic carbocycles. The summed E-state index contributed by atoms with van der Waals surface area (Å²) in [5.41, 5.74) is 2.23. The average Bonchev–Trinajstić information content (AvgIpc) is 2.36. The zero-order valence-corrected chi connectivity index (χ0v) is 11.2. The average molecular weight is 270 g/mol. The summed E-state index contributed by atoms with van der Waals surface area (Å²) in [6.45, 7) is 0.829. The smallest absolute Gasteiger partial charge is 0.214 e. The molecule has 6 heteroatoms. The highest BCUT2D eigenvalue weighted by Crippen LogP contribution is 2.21. The van der Waals surface area contributed by atoms with Crippen LogP contribution in [0.5, 0.6) is 0 Å². The summed E-state index contributed by atoms with van der Waals surface area (Å²) in [5.74, 6) is 0.00163. The largest absolute Gasteiger partial charge is 0.384 e. The lowest BCUT2D eigenvalue weighted by Crippen LogP contribution is -2.44. The maximum absolute atomic E-state index is 11.8. The Balaban J connectivity index is 1.97. The van der Waals surface area contributed by atoms with Crippen LogP contribution < -0.4 is 10.0 Å². The summed E-state index contributed by atoms with van der Waals surface area (Å²) in [6.07, 6.45) is 0.718. The molecule has 1 aromatic carbocycles. The minimum Gasteiger partial charge on any atom is -0.384 e. The predicted octanol–water partition coefficient (Wildman–Crippen LogP) is 0.589. The Morgan fingerprint density at radius 2 is 2.22 bits per heavy atom. The molecule has 0 spiro atoms. The summed E-state index contributed by atoms with van der Waals surface area (Å²) in [5, 5.41) is 3.23. The van der Waals surface area contributed by atoms with Gasteiger partial charge in [0, 0.05) is 25.4 Å². The van der Waals surface area contributed by atoms with Crippen molar-refractivity contribution in [2.24, 2.45) is 0 Å². The van der Waals surface area contributed by atoms with E-state index in [0.29, 0.717) is 6.54 Å². The van der Waals surface area contributed by atoms with Gasteiger partial charge in [-0.3, -0.25) is 0 Å². The van der Waals surface area contributed by atoms with E-state index in [1.54, 1.807) is 0 Å². The van der Waals surface area contributed by atoms with Crippen molar-refractivity contribution in [3.63, 3.8) is 0 Å². The fourth-order valence-corrected chi connectivity index (χ4v) is 3.21. The highest BCUT2D eigenvalue weighted by Gasteiger charge is 2.22. The van der Waals surface area contributed by atoms with Crippen LogP contribution in [0.25, 0.3) is 0 Å². The fraction of sp³-hybridized carbons (Fsp3) is 0.500. The molecule has 0 saturated carbocycles. The third-order valence-corrected chi connectivity index (χ3v) is 4.32. The zero-order chi connectivity index (χ0) is 13.0. The molecule has 0 radical (unpaired) electrons. The van der Waals surface area contributed by atoms with E-state index in [0.717, 1.165) is 17.7 Å². The monoisotopic (exact) mass is 270 g/mol. The molecular weight excluding hydrogens is 252 g/mol. The normalized spacial score (nSPS) is 19.1. The number of rotatable bonds is 5. The highest BCUT2D eigenvalue weighted by molar-refractivity contribution is 7.89. The Labute approximate surface area is 108 Å². The Morgan fingerprint density at radius 1 is 1.44 bits per heavy atom. The number of fused-ring (bicyclic) bond motifs is 1. The number of ether oxygens (including phenoxy) is 1. The van der Waals surface area contributed by atoms with Crippen LogP contribution in [0.15, 0.2) is 24.3 Å². The summed E-state index contributed by atoms with van der Waals surface area (Å²) >= 11 is 0. The van der Waals surface area contributed by atoms with Crippen molar-refractivity contribution in [1.82, 2.24) is 4.72 Å². The SMILES string of the molecule is COCCS(=O)(=O)NC1CNc2ccccc2C1. The van der Waals surface area contributed by atoms with Crippen molar-refractivity contribution in [3.8, 4) is 0 Å².